The standard InChI is InChI=1S/C8H15BrO2S/c1-2-3-8(9)7-4-5-12(10,11)6-7/h7-8H,2-6H2,1H3. The van der Waals surface area contributed by atoms with Gasteiger partial charge in [0.1, 0.15) is 0 Å². The zero-order valence-electron chi connectivity index (χ0n) is 7.29. The monoisotopic (exact) mass is 254 g/mol. The van der Waals surface area contributed by atoms with Crippen molar-refractivity contribution in [2.24, 2.45) is 5.92 Å². The first kappa shape index (κ1) is 10.5. The summed E-state index contributed by atoms with van der Waals surface area (Å²) in [6.45, 7) is 2.12. The van der Waals surface area contributed by atoms with Crippen molar-refractivity contribution in [2.75, 3.05) is 11.5 Å². The maximum absolute atomic E-state index is 11.1. The summed E-state index contributed by atoms with van der Waals surface area (Å²) in [7, 11) is -2.69. The molecule has 1 rings (SSSR count). The first-order valence-corrected chi connectivity index (χ1v) is 7.13. The van der Waals surface area contributed by atoms with Crippen LogP contribution in [-0.2, 0) is 9.84 Å². The molecule has 0 saturated carbocycles. The molecule has 4 heteroatoms. The molecule has 72 valence electrons. The topological polar surface area (TPSA) is 34.1 Å². The molecule has 2 nitrogen and oxygen atoms in total. The second-order valence-electron chi connectivity index (χ2n) is 3.47. The van der Waals surface area contributed by atoms with E-state index < -0.39 is 9.84 Å². The molecule has 0 amide bonds. The van der Waals surface area contributed by atoms with Crippen LogP contribution in [0.4, 0.5) is 0 Å². The highest BCUT2D eigenvalue weighted by molar-refractivity contribution is 9.09. The van der Waals surface area contributed by atoms with Crippen LogP contribution in [0.25, 0.3) is 0 Å². The zero-order chi connectivity index (χ0) is 9.19. The molecule has 1 saturated heterocycles. The molecule has 0 N–H and O–H groups in total. The van der Waals surface area contributed by atoms with E-state index in [9.17, 15) is 8.42 Å². The lowest BCUT2D eigenvalue weighted by Gasteiger charge is -2.14. The summed E-state index contributed by atoms with van der Waals surface area (Å²) in [6, 6.07) is 0. The molecule has 2 unspecified atom stereocenters. The summed E-state index contributed by atoms with van der Waals surface area (Å²) in [5.74, 6) is 1.14. The number of sulfone groups is 1. The van der Waals surface area contributed by atoms with Crippen LogP contribution in [0, 0.1) is 5.92 Å². The van der Waals surface area contributed by atoms with Gasteiger partial charge in [-0.1, -0.05) is 29.3 Å². The zero-order valence-corrected chi connectivity index (χ0v) is 9.70. The summed E-state index contributed by atoms with van der Waals surface area (Å²) in [5, 5.41) is 0. The molecule has 1 fully saturated rings. The Labute approximate surface area is 82.8 Å². The average Bonchev–Trinajstić information content (AvgIpc) is 2.31. The molecule has 0 aromatic carbocycles. The Balaban J connectivity index is 2.46. The maximum atomic E-state index is 11.1. The Morgan fingerprint density at radius 1 is 1.58 bits per heavy atom. The number of rotatable bonds is 3. The quantitative estimate of drug-likeness (QED) is 0.723. The fourth-order valence-electron chi connectivity index (χ4n) is 1.62. The van der Waals surface area contributed by atoms with Crippen LogP contribution in [0.15, 0.2) is 0 Å². The molecule has 0 aromatic heterocycles. The molecule has 1 aliphatic rings. The van der Waals surface area contributed by atoms with E-state index in [2.05, 4.69) is 22.9 Å². The predicted octanol–water partition coefficient (Wildman–Crippen LogP) is 1.98. The van der Waals surface area contributed by atoms with Gasteiger partial charge in [-0.2, -0.15) is 0 Å². The van der Waals surface area contributed by atoms with E-state index in [0.29, 0.717) is 22.3 Å². The van der Waals surface area contributed by atoms with Gasteiger partial charge in [-0.15, -0.1) is 0 Å². The summed E-state index contributed by atoms with van der Waals surface area (Å²) in [6.07, 6.45) is 3.05. The Hall–Kier alpha value is 0.430. The van der Waals surface area contributed by atoms with Gasteiger partial charge in [-0.3, -0.25) is 0 Å². The van der Waals surface area contributed by atoms with Crippen molar-refractivity contribution < 1.29 is 8.42 Å². The van der Waals surface area contributed by atoms with Gasteiger partial charge < -0.3 is 0 Å². The highest BCUT2D eigenvalue weighted by atomic mass is 79.9. The van der Waals surface area contributed by atoms with Crippen molar-refractivity contribution in [1.29, 1.82) is 0 Å². The fraction of sp³-hybridized carbons (Fsp3) is 1.00. The van der Waals surface area contributed by atoms with E-state index in [4.69, 9.17) is 0 Å². The molecule has 2 atom stereocenters. The van der Waals surface area contributed by atoms with E-state index in [0.717, 1.165) is 19.3 Å². The van der Waals surface area contributed by atoms with Gasteiger partial charge in [0.05, 0.1) is 11.5 Å². The van der Waals surface area contributed by atoms with Crippen LogP contribution in [0.2, 0.25) is 0 Å². The fourth-order valence-corrected chi connectivity index (χ4v) is 4.66. The largest absolute Gasteiger partial charge is 0.229 e. The molecule has 0 aliphatic carbocycles. The second kappa shape index (κ2) is 4.09. The second-order valence-corrected chi connectivity index (χ2v) is 6.87. The maximum Gasteiger partial charge on any atom is 0.150 e. The molecule has 1 aliphatic heterocycles. The highest BCUT2D eigenvalue weighted by Crippen LogP contribution is 2.28. The third-order valence-electron chi connectivity index (χ3n) is 2.34. The number of hydrogen-bond donors (Lipinski definition) is 0. The molecule has 1 heterocycles. The van der Waals surface area contributed by atoms with E-state index in [1.807, 2.05) is 0 Å². The van der Waals surface area contributed by atoms with E-state index in [-0.39, 0.29) is 0 Å². The summed E-state index contributed by atoms with van der Waals surface area (Å²) in [5.41, 5.74) is 0. The molecule has 0 spiro atoms. The van der Waals surface area contributed by atoms with Crippen molar-refractivity contribution in [3.63, 3.8) is 0 Å². The lowest BCUT2D eigenvalue weighted by Crippen LogP contribution is -2.15. The Bertz CT molecular complexity index is 235. The minimum atomic E-state index is -2.69. The summed E-state index contributed by atoms with van der Waals surface area (Å²) >= 11 is 3.55. The van der Waals surface area contributed by atoms with Gasteiger partial charge >= 0.3 is 0 Å². The predicted molar refractivity (Wildman–Crippen MR) is 54.4 cm³/mol. The van der Waals surface area contributed by atoms with Crippen LogP contribution < -0.4 is 0 Å². The van der Waals surface area contributed by atoms with Crippen molar-refractivity contribution in [2.45, 2.75) is 31.0 Å². The molecule has 0 bridgehead atoms. The van der Waals surface area contributed by atoms with Crippen molar-refractivity contribution in [3.05, 3.63) is 0 Å². The minimum absolute atomic E-state index is 0.356. The normalized spacial score (nSPS) is 30.3. The first-order chi connectivity index (χ1) is 5.55. The van der Waals surface area contributed by atoms with Crippen LogP contribution in [0.1, 0.15) is 26.2 Å². The van der Waals surface area contributed by atoms with Crippen molar-refractivity contribution in [1.82, 2.24) is 0 Å². The van der Waals surface area contributed by atoms with Gasteiger partial charge in [0.15, 0.2) is 9.84 Å². The van der Waals surface area contributed by atoms with Gasteiger partial charge in [0.25, 0.3) is 0 Å². The average molecular weight is 255 g/mol. The SMILES string of the molecule is CCCC(Br)C1CCS(=O)(=O)C1. The molecular formula is C8H15BrO2S. The lowest BCUT2D eigenvalue weighted by atomic mass is 10.0. The van der Waals surface area contributed by atoms with Crippen molar-refractivity contribution >= 4 is 25.8 Å². The highest BCUT2D eigenvalue weighted by Gasteiger charge is 2.31. The number of halogens is 1. The molecular weight excluding hydrogens is 240 g/mol. The Kier molecular flexibility index (Phi) is 3.58. The summed E-state index contributed by atoms with van der Waals surface area (Å²) < 4.78 is 22.3. The van der Waals surface area contributed by atoms with Crippen LogP contribution in [0.5, 0.6) is 0 Å². The summed E-state index contributed by atoms with van der Waals surface area (Å²) in [4.78, 5) is 0.403. The van der Waals surface area contributed by atoms with Gasteiger partial charge in [0, 0.05) is 4.83 Å². The lowest BCUT2D eigenvalue weighted by molar-refractivity contribution is 0.537. The van der Waals surface area contributed by atoms with Crippen LogP contribution in [-0.4, -0.2) is 24.8 Å². The molecule has 0 radical (unpaired) electrons. The smallest absolute Gasteiger partial charge is 0.150 e. The van der Waals surface area contributed by atoms with Gasteiger partial charge in [-0.05, 0) is 18.8 Å². The number of alkyl halides is 1. The number of hydrogen-bond acceptors (Lipinski definition) is 2. The van der Waals surface area contributed by atoms with E-state index in [1.165, 1.54) is 0 Å². The Morgan fingerprint density at radius 3 is 2.67 bits per heavy atom. The van der Waals surface area contributed by atoms with E-state index >= 15 is 0 Å². The van der Waals surface area contributed by atoms with Crippen LogP contribution >= 0.6 is 15.9 Å². The van der Waals surface area contributed by atoms with Crippen molar-refractivity contribution in [3.8, 4) is 0 Å². The van der Waals surface area contributed by atoms with Gasteiger partial charge in [0.2, 0.25) is 0 Å². The minimum Gasteiger partial charge on any atom is -0.229 e. The van der Waals surface area contributed by atoms with E-state index in [1.54, 1.807) is 0 Å². The third-order valence-corrected chi connectivity index (χ3v) is 5.34. The van der Waals surface area contributed by atoms with Crippen LogP contribution in [0.3, 0.4) is 0 Å². The first-order valence-electron chi connectivity index (χ1n) is 4.39. The van der Waals surface area contributed by atoms with Gasteiger partial charge in [-0.25, -0.2) is 8.42 Å². The molecule has 12 heavy (non-hydrogen) atoms. The third kappa shape index (κ3) is 2.73. The Morgan fingerprint density at radius 2 is 2.25 bits per heavy atom. The molecule has 0 aromatic rings.